The third kappa shape index (κ3) is 3.63. The number of carbonyl (C=O) groups excluding carboxylic acids is 1. The van der Waals surface area contributed by atoms with Crippen LogP contribution < -0.4 is 10.6 Å². The van der Waals surface area contributed by atoms with Crippen LogP contribution in [0, 0.1) is 24.0 Å². The largest absolute Gasteiger partial charge is 0.365 e. The summed E-state index contributed by atoms with van der Waals surface area (Å²) in [5.41, 5.74) is 8.48. The molecule has 1 amide bonds. The molecular formula is C16H18N4O3. The molecule has 0 saturated heterocycles. The van der Waals surface area contributed by atoms with Gasteiger partial charge in [-0.15, -0.1) is 0 Å². The summed E-state index contributed by atoms with van der Waals surface area (Å²) in [6.45, 7) is 4.54. The number of nitrogens with two attached hydrogens (primary N) is 1. The minimum absolute atomic E-state index is 0.0338. The van der Waals surface area contributed by atoms with Gasteiger partial charge in [-0.1, -0.05) is 23.8 Å². The van der Waals surface area contributed by atoms with E-state index in [0.717, 1.165) is 23.4 Å². The van der Waals surface area contributed by atoms with Crippen LogP contribution in [0.2, 0.25) is 0 Å². The predicted molar refractivity (Wildman–Crippen MR) is 87.4 cm³/mol. The highest BCUT2D eigenvalue weighted by molar-refractivity contribution is 5.98. The number of aryl methyl sites for hydroxylation is 2. The number of anilines is 1. The smallest absolute Gasteiger partial charge is 0.288 e. The first kappa shape index (κ1) is 16.4. The van der Waals surface area contributed by atoms with Gasteiger partial charge in [-0.25, -0.2) is 4.98 Å². The summed E-state index contributed by atoms with van der Waals surface area (Å²) in [5, 5.41) is 10.8. The molecule has 0 saturated carbocycles. The van der Waals surface area contributed by atoms with Crippen molar-refractivity contribution in [1.29, 1.82) is 0 Å². The molecule has 2 N–H and O–H groups in total. The molecule has 0 unspecified atom stereocenters. The van der Waals surface area contributed by atoms with Crippen LogP contribution in [-0.4, -0.2) is 22.9 Å². The number of primary amides is 1. The van der Waals surface area contributed by atoms with Gasteiger partial charge in [-0.2, -0.15) is 0 Å². The number of carbonyl (C=O) groups is 1. The van der Waals surface area contributed by atoms with Crippen LogP contribution in [0.15, 0.2) is 30.5 Å². The second kappa shape index (κ2) is 6.43. The van der Waals surface area contributed by atoms with E-state index in [0.29, 0.717) is 12.4 Å². The molecule has 0 fully saturated rings. The number of hydrogen-bond donors (Lipinski definition) is 1. The Labute approximate surface area is 133 Å². The topological polar surface area (TPSA) is 102 Å². The highest BCUT2D eigenvalue weighted by Gasteiger charge is 2.19. The Bertz CT molecular complexity index is 774. The average Bonchev–Trinajstić information content (AvgIpc) is 2.49. The van der Waals surface area contributed by atoms with Crippen LogP contribution in [-0.2, 0) is 6.54 Å². The third-order valence-electron chi connectivity index (χ3n) is 3.60. The van der Waals surface area contributed by atoms with Gasteiger partial charge >= 0.3 is 0 Å². The van der Waals surface area contributed by atoms with Gasteiger partial charge in [0.1, 0.15) is 12.0 Å². The Balaban J connectivity index is 2.36. The predicted octanol–water partition coefficient (Wildman–Crippen LogP) is 2.34. The Morgan fingerprint density at radius 3 is 2.61 bits per heavy atom. The Morgan fingerprint density at radius 1 is 1.35 bits per heavy atom. The fourth-order valence-electron chi connectivity index (χ4n) is 2.39. The number of nitrogens with zero attached hydrogens (tertiary/aromatic N) is 3. The van der Waals surface area contributed by atoms with Crippen molar-refractivity contribution in [1.82, 2.24) is 4.98 Å². The summed E-state index contributed by atoms with van der Waals surface area (Å²) >= 11 is 0. The molecule has 0 spiro atoms. The summed E-state index contributed by atoms with van der Waals surface area (Å²) in [4.78, 5) is 27.6. The highest BCUT2D eigenvalue weighted by Crippen LogP contribution is 2.23. The number of hydrogen-bond acceptors (Lipinski definition) is 5. The summed E-state index contributed by atoms with van der Waals surface area (Å²) in [5.74, 6) is -0.424. The number of rotatable bonds is 5. The molecule has 0 bridgehead atoms. The lowest BCUT2D eigenvalue weighted by Gasteiger charge is -2.21. The summed E-state index contributed by atoms with van der Waals surface area (Å²) in [6.07, 6.45) is 1.13. The van der Waals surface area contributed by atoms with Crippen LogP contribution in [0.3, 0.4) is 0 Å². The third-order valence-corrected chi connectivity index (χ3v) is 3.60. The second-order valence-electron chi connectivity index (χ2n) is 5.47. The summed E-state index contributed by atoms with van der Waals surface area (Å²) in [6, 6.07) is 7.25. The summed E-state index contributed by atoms with van der Waals surface area (Å²) in [7, 11) is 1.76. The molecule has 0 aliphatic rings. The van der Waals surface area contributed by atoms with Crippen molar-refractivity contribution in [3.8, 4) is 0 Å². The van der Waals surface area contributed by atoms with E-state index < -0.39 is 10.8 Å². The monoisotopic (exact) mass is 314 g/mol. The van der Waals surface area contributed by atoms with E-state index in [2.05, 4.69) is 11.1 Å². The zero-order valence-corrected chi connectivity index (χ0v) is 13.2. The van der Waals surface area contributed by atoms with Gasteiger partial charge in [-0.3, -0.25) is 14.9 Å². The van der Waals surface area contributed by atoms with E-state index in [-0.39, 0.29) is 11.3 Å². The van der Waals surface area contributed by atoms with E-state index in [1.807, 2.05) is 26.0 Å². The first-order chi connectivity index (χ1) is 10.8. The van der Waals surface area contributed by atoms with Crippen molar-refractivity contribution in [3.05, 3.63) is 62.8 Å². The minimum Gasteiger partial charge on any atom is -0.365 e. The molecule has 0 aliphatic carbocycles. The molecule has 0 atom stereocenters. The number of pyridine rings is 1. The maximum Gasteiger partial charge on any atom is 0.288 e. The van der Waals surface area contributed by atoms with Crippen molar-refractivity contribution in [3.63, 3.8) is 0 Å². The van der Waals surface area contributed by atoms with Crippen LogP contribution in [0.4, 0.5) is 11.5 Å². The standard InChI is InChI=1S/C16H18N4O3/c1-10-4-5-12(11(2)6-10)9-19(3)16-14(15(17)21)7-13(8-18-16)20(22)23/h4-8H,9H2,1-3H3,(H2,17,21). The fourth-order valence-corrected chi connectivity index (χ4v) is 2.39. The van der Waals surface area contributed by atoms with Gasteiger partial charge in [0, 0.05) is 19.7 Å². The molecule has 0 aliphatic heterocycles. The Kier molecular flexibility index (Phi) is 4.59. The molecule has 120 valence electrons. The van der Waals surface area contributed by atoms with Gasteiger partial charge in [0.25, 0.3) is 11.6 Å². The lowest BCUT2D eigenvalue weighted by molar-refractivity contribution is -0.385. The molecule has 2 rings (SSSR count). The molecule has 7 heteroatoms. The van der Waals surface area contributed by atoms with Gasteiger partial charge in [0.2, 0.25) is 0 Å². The second-order valence-corrected chi connectivity index (χ2v) is 5.47. The van der Waals surface area contributed by atoms with E-state index >= 15 is 0 Å². The van der Waals surface area contributed by atoms with Crippen molar-refractivity contribution in [2.75, 3.05) is 11.9 Å². The number of benzene rings is 1. The number of nitro groups is 1. The SMILES string of the molecule is Cc1ccc(CN(C)c2ncc([N+](=O)[O-])cc2C(N)=O)c(C)c1. The molecule has 1 aromatic heterocycles. The van der Waals surface area contributed by atoms with Gasteiger partial charge in [0.05, 0.1) is 10.5 Å². The van der Waals surface area contributed by atoms with Crippen LogP contribution in [0.5, 0.6) is 0 Å². The molecule has 1 aromatic carbocycles. The quantitative estimate of drug-likeness (QED) is 0.674. The summed E-state index contributed by atoms with van der Waals surface area (Å²) < 4.78 is 0. The Morgan fingerprint density at radius 2 is 2.04 bits per heavy atom. The lowest BCUT2D eigenvalue weighted by atomic mass is 10.1. The lowest BCUT2D eigenvalue weighted by Crippen LogP contribution is -2.23. The zero-order valence-electron chi connectivity index (χ0n) is 13.2. The van der Waals surface area contributed by atoms with Gasteiger partial charge in [-0.05, 0) is 25.0 Å². The van der Waals surface area contributed by atoms with Crippen LogP contribution in [0.1, 0.15) is 27.0 Å². The van der Waals surface area contributed by atoms with Crippen molar-refractivity contribution in [2.45, 2.75) is 20.4 Å². The van der Waals surface area contributed by atoms with E-state index in [1.54, 1.807) is 11.9 Å². The average molecular weight is 314 g/mol. The molecule has 1 heterocycles. The first-order valence-electron chi connectivity index (χ1n) is 7.01. The molecule has 23 heavy (non-hydrogen) atoms. The fraction of sp³-hybridized carbons (Fsp3) is 0.250. The first-order valence-corrected chi connectivity index (χ1v) is 7.01. The maximum atomic E-state index is 11.6. The number of amides is 1. The van der Waals surface area contributed by atoms with Crippen LogP contribution >= 0.6 is 0 Å². The van der Waals surface area contributed by atoms with E-state index in [4.69, 9.17) is 5.73 Å². The van der Waals surface area contributed by atoms with Crippen molar-refractivity contribution < 1.29 is 9.72 Å². The normalized spacial score (nSPS) is 10.4. The highest BCUT2D eigenvalue weighted by atomic mass is 16.6. The maximum absolute atomic E-state index is 11.6. The minimum atomic E-state index is -0.747. The zero-order chi connectivity index (χ0) is 17.1. The molecule has 7 nitrogen and oxygen atoms in total. The van der Waals surface area contributed by atoms with Crippen molar-refractivity contribution in [2.24, 2.45) is 5.73 Å². The van der Waals surface area contributed by atoms with Crippen molar-refractivity contribution >= 4 is 17.4 Å². The van der Waals surface area contributed by atoms with Crippen LogP contribution in [0.25, 0.3) is 0 Å². The van der Waals surface area contributed by atoms with Gasteiger partial charge in [0.15, 0.2) is 0 Å². The van der Waals surface area contributed by atoms with Gasteiger partial charge < -0.3 is 10.6 Å². The number of aromatic nitrogens is 1. The molecular weight excluding hydrogens is 296 g/mol. The van der Waals surface area contributed by atoms with E-state index in [9.17, 15) is 14.9 Å². The Hall–Kier alpha value is -2.96. The molecule has 0 radical (unpaired) electrons. The van der Waals surface area contributed by atoms with E-state index in [1.165, 1.54) is 5.56 Å². The molecule has 2 aromatic rings.